The van der Waals surface area contributed by atoms with E-state index in [9.17, 15) is 14.7 Å². The van der Waals surface area contributed by atoms with Crippen molar-refractivity contribution < 1.29 is 9.90 Å². The van der Waals surface area contributed by atoms with Crippen LogP contribution in [-0.2, 0) is 11.3 Å². The molecule has 6 nitrogen and oxygen atoms in total. The molecule has 3 heterocycles. The Labute approximate surface area is 146 Å². The fourth-order valence-corrected chi connectivity index (χ4v) is 4.60. The minimum absolute atomic E-state index is 0.116. The molecule has 6 heteroatoms. The van der Waals surface area contributed by atoms with Crippen LogP contribution < -0.4 is 5.56 Å². The Morgan fingerprint density at radius 1 is 1.36 bits per heavy atom. The van der Waals surface area contributed by atoms with Crippen LogP contribution in [0.5, 0.6) is 0 Å². The molecule has 0 aromatic carbocycles. The average Bonchev–Trinajstić information content (AvgIpc) is 2.95. The molecule has 25 heavy (non-hydrogen) atoms. The van der Waals surface area contributed by atoms with Gasteiger partial charge in [0.2, 0.25) is 0 Å². The van der Waals surface area contributed by atoms with Crippen LogP contribution in [0.1, 0.15) is 43.4 Å². The number of nitrogens with zero attached hydrogens (tertiary/aromatic N) is 3. The molecule has 2 fully saturated rings. The number of hydrogen-bond acceptors (Lipinski definition) is 4. The fraction of sp³-hybridized carbons (Fsp3) is 0.526. The lowest BCUT2D eigenvalue weighted by Gasteiger charge is -2.32. The van der Waals surface area contributed by atoms with Gasteiger partial charge in [-0.25, -0.2) is 4.98 Å². The molecule has 1 aliphatic heterocycles. The Hall–Kier alpha value is -2.21. The highest BCUT2D eigenvalue weighted by atomic mass is 16.4. The summed E-state index contributed by atoms with van der Waals surface area (Å²) in [6.45, 7) is 2.36. The van der Waals surface area contributed by atoms with Gasteiger partial charge in [0.15, 0.2) is 0 Å². The largest absolute Gasteiger partial charge is 0.480 e. The van der Waals surface area contributed by atoms with E-state index < -0.39 is 12.0 Å². The Morgan fingerprint density at radius 2 is 2.16 bits per heavy atom. The predicted octanol–water partition coefficient (Wildman–Crippen LogP) is 2.22. The van der Waals surface area contributed by atoms with E-state index in [2.05, 4.69) is 9.88 Å². The van der Waals surface area contributed by atoms with Crippen molar-refractivity contribution in [3.63, 3.8) is 0 Å². The zero-order valence-corrected chi connectivity index (χ0v) is 14.4. The maximum Gasteiger partial charge on any atom is 0.320 e. The van der Waals surface area contributed by atoms with Crippen molar-refractivity contribution in [2.24, 2.45) is 5.92 Å². The van der Waals surface area contributed by atoms with Gasteiger partial charge in [0.1, 0.15) is 11.7 Å². The van der Waals surface area contributed by atoms with Gasteiger partial charge in [-0.15, -0.1) is 0 Å². The van der Waals surface area contributed by atoms with Crippen LogP contribution in [-0.4, -0.2) is 37.4 Å². The molecule has 1 N–H and O–H groups in total. The maximum atomic E-state index is 12.4. The second-order valence-electron chi connectivity index (χ2n) is 7.34. The predicted molar refractivity (Wildman–Crippen MR) is 93.5 cm³/mol. The standard InChI is InChI=1S/C19H23N3O3/c1-12-5-4-8-21-17(23)10-14(20-18(12)21)11-22-15-7-3-2-6-13(15)9-16(22)19(24)25/h4-5,8,10,13,15-16H,2-3,6-7,9,11H2,1H3,(H,24,25)/t13-,15+,16+/m1/s1. The number of pyridine rings is 1. The van der Waals surface area contributed by atoms with Crippen LogP contribution >= 0.6 is 0 Å². The zero-order valence-electron chi connectivity index (χ0n) is 14.4. The van der Waals surface area contributed by atoms with E-state index in [4.69, 9.17) is 0 Å². The molecule has 2 aliphatic rings. The molecule has 4 rings (SSSR count). The number of likely N-dealkylation sites (tertiary alicyclic amines) is 1. The third kappa shape index (κ3) is 2.84. The monoisotopic (exact) mass is 341 g/mol. The molecule has 1 saturated heterocycles. The molecule has 0 amide bonds. The van der Waals surface area contributed by atoms with Gasteiger partial charge in [0.25, 0.3) is 5.56 Å². The van der Waals surface area contributed by atoms with Crippen LogP contribution in [0.15, 0.2) is 29.2 Å². The maximum absolute atomic E-state index is 12.4. The number of aryl methyl sites for hydroxylation is 1. The summed E-state index contributed by atoms with van der Waals surface area (Å²) in [6, 6.07) is 5.14. The molecule has 0 bridgehead atoms. The van der Waals surface area contributed by atoms with Crippen LogP contribution in [0.2, 0.25) is 0 Å². The third-order valence-electron chi connectivity index (χ3n) is 5.79. The van der Waals surface area contributed by atoms with Crippen molar-refractivity contribution >= 4 is 11.6 Å². The van der Waals surface area contributed by atoms with Crippen molar-refractivity contribution in [3.05, 3.63) is 46.0 Å². The van der Waals surface area contributed by atoms with Gasteiger partial charge in [-0.1, -0.05) is 18.9 Å². The number of carbonyl (C=O) groups is 1. The first kappa shape index (κ1) is 16.3. The van der Waals surface area contributed by atoms with Crippen LogP contribution in [0.25, 0.3) is 5.65 Å². The first-order chi connectivity index (χ1) is 12.0. The van der Waals surface area contributed by atoms with Gasteiger partial charge in [-0.05, 0) is 43.7 Å². The minimum atomic E-state index is -0.761. The van der Waals surface area contributed by atoms with Crippen molar-refractivity contribution in [2.45, 2.75) is 57.7 Å². The van der Waals surface area contributed by atoms with Gasteiger partial charge in [0, 0.05) is 24.8 Å². The number of hydrogen-bond donors (Lipinski definition) is 1. The number of carboxylic acids is 1. The summed E-state index contributed by atoms with van der Waals surface area (Å²) in [6.07, 6.45) is 6.92. The zero-order chi connectivity index (χ0) is 17.6. The lowest BCUT2D eigenvalue weighted by molar-refractivity contribution is -0.142. The van der Waals surface area contributed by atoms with E-state index in [1.54, 1.807) is 16.7 Å². The van der Waals surface area contributed by atoms with Gasteiger partial charge < -0.3 is 5.11 Å². The van der Waals surface area contributed by atoms with Gasteiger partial charge in [0.05, 0.1) is 5.69 Å². The van der Waals surface area contributed by atoms with Gasteiger partial charge in [-0.3, -0.25) is 18.9 Å². The average molecular weight is 341 g/mol. The molecular weight excluding hydrogens is 318 g/mol. The lowest BCUT2D eigenvalue weighted by Crippen LogP contribution is -2.42. The first-order valence-corrected chi connectivity index (χ1v) is 9.01. The Kier molecular flexibility index (Phi) is 4.07. The highest BCUT2D eigenvalue weighted by molar-refractivity contribution is 5.74. The molecule has 0 unspecified atom stereocenters. The molecular formula is C19H23N3O3. The molecule has 2 aromatic heterocycles. The van der Waals surface area contributed by atoms with Crippen LogP contribution in [0.3, 0.4) is 0 Å². The summed E-state index contributed by atoms with van der Waals surface area (Å²) in [5.74, 6) is -0.304. The minimum Gasteiger partial charge on any atom is -0.480 e. The normalized spacial score (nSPS) is 26.7. The lowest BCUT2D eigenvalue weighted by atomic mass is 9.85. The molecule has 0 radical (unpaired) electrons. The van der Waals surface area contributed by atoms with Crippen molar-refractivity contribution in [1.29, 1.82) is 0 Å². The Morgan fingerprint density at radius 3 is 2.96 bits per heavy atom. The third-order valence-corrected chi connectivity index (χ3v) is 5.79. The molecule has 0 spiro atoms. The van der Waals surface area contributed by atoms with E-state index in [1.165, 1.54) is 6.42 Å². The second-order valence-corrected chi connectivity index (χ2v) is 7.34. The highest BCUT2D eigenvalue weighted by Gasteiger charge is 2.45. The molecule has 1 aliphatic carbocycles. The van der Waals surface area contributed by atoms with Gasteiger partial charge >= 0.3 is 5.97 Å². The molecule has 2 aromatic rings. The van der Waals surface area contributed by atoms with E-state index in [0.29, 0.717) is 36.3 Å². The quantitative estimate of drug-likeness (QED) is 0.926. The number of rotatable bonds is 3. The van der Waals surface area contributed by atoms with E-state index >= 15 is 0 Å². The number of carboxylic acid groups (broad SMARTS) is 1. The first-order valence-electron chi connectivity index (χ1n) is 9.01. The Balaban J connectivity index is 1.70. The number of fused-ring (bicyclic) bond motifs is 2. The summed E-state index contributed by atoms with van der Waals surface area (Å²) < 4.78 is 1.54. The van der Waals surface area contributed by atoms with E-state index in [-0.39, 0.29) is 5.56 Å². The molecule has 1 saturated carbocycles. The van der Waals surface area contributed by atoms with E-state index in [1.807, 2.05) is 19.1 Å². The highest BCUT2D eigenvalue weighted by Crippen LogP contribution is 2.40. The molecule has 132 valence electrons. The van der Waals surface area contributed by atoms with E-state index in [0.717, 1.165) is 24.8 Å². The van der Waals surface area contributed by atoms with Gasteiger partial charge in [-0.2, -0.15) is 0 Å². The van der Waals surface area contributed by atoms with Crippen LogP contribution in [0.4, 0.5) is 0 Å². The fourth-order valence-electron chi connectivity index (χ4n) is 4.60. The Bertz CT molecular complexity index is 876. The summed E-state index contributed by atoms with van der Waals surface area (Å²) >= 11 is 0. The number of aromatic nitrogens is 2. The van der Waals surface area contributed by atoms with Crippen molar-refractivity contribution in [2.75, 3.05) is 0 Å². The topological polar surface area (TPSA) is 74.9 Å². The van der Waals surface area contributed by atoms with Crippen LogP contribution in [0, 0.1) is 12.8 Å². The van der Waals surface area contributed by atoms with Crippen molar-refractivity contribution in [1.82, 2.24) is 14.3 Å². The molecule has 3 atom stereocenters. The summed E-state index contributed by atoms with van der Waals surface area (Å²) in [4.78, 5) is 30.9. The smallest absolute Gasteiger partial charge is 0.320 e. The number of aliphatic carboxylic acids is 1. The summed E-state index contributed by atoms with van der Waals surface area (Å²) in [7, 11) is 0. The SMILES string of the molecule is Cc1cccn2c(=O)cc(CN3[C@H](C(=O)O)C[C@H]4CCCC[C@@H]43)nc12. The summed E-state index contributed by atoms with van der Waals surface area (Å²) in [5, 5.41) is 9.65. The summed E-state index contributed by atoms with van der Waals surface area (Å²) in [5.41, 5.74) is 2.14. The van der Waals surface area contributed by atoms with Crippen molar-refractivity contribution in [3.8, 4) is 0 Å². The second kappa shape index (κ2) is 6.26.